The third-order valence-corrected chi connectivity index (χ3v) is 3.89. The first-order chi connectivity index (χ1) is 9.65. The molecule has 0 saturated heterocycles. The van der Waals surface area contributed by atoms with Crippen LogP contribution in [0.2, 0.25) is 0 Å². The first kappa shape index (κ1) is 23.0. The number of hydrogen-bond acceptors (Lipinski definition) is 6. The van der Waals surface area contributed by atoms with Gasteiger partial charge < -0.3 is 14.1 Å². The van der Waals surface area contributed by atoms with Gasteiger partial charge >= 0.3 is 5.97 Å². The summed E-state index contributed by atoms with van der Waals surface area (Å²) in [7, 11) is -1.14. The lowest BCUT2D eigenvalue weighted by atomic mass is 9.99. The Hall–Kier alpha value is -0.260. The highest BCUT2D eigenvalue weighted by molar-refractivity contribution is 7.48. The van der Waals surface area contributed by atoms with E-state index in [1.165, 1.54) is 0 Å². The summed E-state index contributed by atoms with van der Waals surface area (Å²) >= 11 is 5.56. The highest BCUT2D eigenvalue weighted by atomic mass is 35.5. The van der Waals surface area contributed by atoms with Crippen molar-refractivity contribution in [2.75, 3.05) is 12.7 Å². The molecule has 0 aromatic rings. The van der Waals surface area contributed by atoms with Gasteiger partial charge in [-0.05, 0) is 26.2 Å². The van der Waals surface area contributed by atoms with Crippen molar-refractivity contribution >= 4 is 32.8 Å². The number of halogens is 1. The minimum absolute atomic E-state index is 0.0388. The zero-order valence-corrected chi connectivity index (χ0v) is 15.4. The number of hydrogen-bond donors (Lipinski definition) is 2. The van der Waals surface area contributed by atoms with Crippen molar-refractivity contribution in [1.82, 2.24) is 10.2 Å². The molecule has 2 unspecified atom stereocenters. The number of ether oxygens (including phenoxy) is 1. The lowest BCUT2D eigenvalue weighted by molar-refractivity contribution is -0.147. The molecule has 8 heteroatoms. The summed E-state index contributed by atoms with van der Waals surface area (Å²) in [5.41, 5.74) is -0.0388. The van der Waals surface area contributed by atoms with Crippen LogP contribution in [0.25, 0.3) is 0 Å². The van der Waals surface area contributed by atoms with Gasteiger partial charge in [0.1, 0.15) is 18.9 Å². The molecule has 0 aliphatic carbocycles. The van der Waals surface area contributed by atoms with E-state index in [4.69, 9.17) is 25.7 Å². The number of esters is 1. The van der Waals surface area contributed by atoms with Gasteiger partial charge in [0.15, 0.2) is 8.45 Å². The molecular weight excluding hydrogens is 315 g/mol. The zero-order valence-electron chi connectivity index (χ0n) is 13.7. The van der Waals surface area contributed by atoms with Crippen LogP contribution < -0.4 is 10.2 Å². The van der Waals surface area contributed by atoms with Crippen LogP contribution in [0.3, 0.4) is 0 Å². The molecule has 0 saturated carbocycles. The van der Waals surface area contributed by atoms with E-state index in [0.29, 0.717) is 6.61 Å². The fourth-order valence-corrected chi connectivity index (χ4v) is 2.58. The molecule has 6 nitrogen and oxygen atoms in total. The van der Waals surface area contributed by atoms with Crippen LogP contribution in [0.1, 0.15) is 41.5 Å². The molecule has 126 valence electrons. The quantitative estimate of drug-likeness (QED) is 0.401. The van der Waals surface area contributed by atoms with Crippen LogP contribution in [0, 0.1) is 5.41 Å². The fraction of sp³-hybridized carbons (Fsp3) is 0.846. The van der Waals surface area contributed by atoms with E-state index in [2.05, 4.69) is 10.2 Å². The summed E-state index contributed by atoms with van der Waals surface area (Å²) in [6, 6.07) is -0.134. The van der Waals surface area contributed by atoms with Crippen LogP contribution in [0.5, 0.6) is 0 Å². The van der Waals surface area contributed by atoms with Crippen LogP contribution in [0.15, 0.2) is 0 Å². The van der Waals surface area contributed by atoms with Crippen molar-refractivity contribution in [3.8, 4) is 0 Å². The average molecular weight is 343 g/mol. The molecule has 2 atom stereocenters. The van der Waals surface area contributed by atoms with Gasteiger partial charge in [-0.3, -0.25) is 9.88 Å². The van der Waals surface area contributed by atoms with Gasteiger partial charge in [-0.15, -0.1) is 0 Å². The SMILES string of the molecule is C=O.CC(C)NP(NC(C)C(=O)OCC(C)(C)C)OCCl. The average Bonchev–Trinajstić information content (AvgIpc) is 2.36. The molecule has 0 amide bonds. The first-order valence-corrected chi connectivity index (χ1v) is 8.42. The third-order valence-electron chi connectivity index (χ3n) is 1.87. The minimum atomic E-state index is -1.14. The summed E-state index contributed by atoms with van der Waals surface area (Å²) < 4.78 is 10.6. The Kier molecular flexibility index (Phi) is 13.5. The molecule has 0 aliphatic heterocycles. The lowest BCUT2D eigenvalue weighted by Gasteiger charge is -2.24. The van der Waals surface area contributed by atoms with Crippen molar-refractivity contribution in [2.24, 2.45) is 5.41 Å². The molecule has 0 radical (unpaired) electrons. The smallest absolute Gasteiger partial charge is 0.323 e. The molecule has 0 fully saturated rings. The molecule has 0 spiro atoms. The topological polar surface area (TPSA) is 76.7 Å². The van der Waals surface area contributed by atoms with Gasteiger partial charge in [0.2, 0.25) is 0 Å². The predicted octanol–water partition coefficient (Wildman–Crippen LogP) is 2.81. The molecule has 0 aliphatic rings. The Morgan fingerprint density at radius 2 is 1.76 bits per heavy atom. The summed E-state index contributed by atoms with van der Waals surface area (Å²) in [4.78, 5) is 19.8. The zero-order chi connectivity index (χ0) is 17.1. The van der Waals surface area contributed by atoms with Crippen LogP contribution in [-0.4, -0.2) is 37.5 Å². The summed E-state index contributed by atoms with van der Waals surface area (Å²) in [5.74, 6) is -0.286. The maximum atomic E-state index is 11.8. The number of carbonyl (C=O) groups excluding carboxylic acids is 2. The summed E-state index contributed by atoms with van der Waals surface area (Å²) in [6.45, 7) is 14.2. The van der Waals surface area contributed by atoms with Crippen molar-refractivity contribution in [3.05, 3.63) is 0 Å². The monoisotopic (exact) mass is 342 g/mol. The van der Waals surface area contributed by atoms with Gasteiger partial charge in [0, 0.05) is 6.04 Å². The highest BCUT2D eigenvalue weighted by Crippen LogP contribution is 2.29. The van der Waals surface area contributed by atoms with Gasteiger partial charge in [-0.25, -0.2) is 5.09 Å². The summed E-state index contributed by atoms with van der Waals surface area (Å²) in [6.07, 6.45) is 0. The molecule has 0 bridgehead atoms. The van der Waals surface area contributed by atoms with E-state index in [0.717, 1.165) is 0 Å². The molecule has 0 heterocycles. The Balaban J connectivity index is 0. The standard InChI is InChI=1S/C12H26ClN2O3P.CH2O/c1-9(2)14-19(18-8-13)15-10(3)11(16)17-7-12(4,5)6;1-2/h9-10,14-15H,7-8H2,1-6H3;1H2. The Morgan fingerprint density at radius 1 is 1.24 bits per heavy atom. The Bertz CT molecular complexity index is 288. The first-order valence-electron chi connectivity index (χ1n) is 6.62. The molecule has 0 aromatic carbocycles. The predicted molar refractivity (Wildman–Crippen MR) is 87.1 cm³/mol. The van der Waals surface area contributed by atoms with Crippen LogP contribution in [-0.2, 0) is 18.8 Å². The van der Waals surface area contributed by atoms with Gasteiger partial charge in [-0.2, -0.15) is 0 Å². The second-order valence-corrected chi connectivity index (χ2v) is 7.42. The molecule has 21 heavy (non-hydrogen) atoms. The van der Waals surface area contributed by atoms with Crippen LogP contribution in [0.4, 0.5) is 0 Å². The Labute approximate surface area is 134 Å². The number of carbonyl (C=O) groups is 2. The number of nitrogens with one attached hydrogen (secondary N) is 2. The normalized spacial score (nSPS) is 14.1. The van der Waals surface area contributed by atoms with Gasteiger partial charge in [-0.1, -0.05) is 32.4 Å². The fourth-order valence-electron chi connectivity index (χ4n) is 1.04. The van der Waals surface area contributed by atoms with E-state index < -0.39 is 14.5 Å². The number of alkyl halides is 1. The van der Waals surface area contributed by atoms with Crippen LogP contribution >= 0.6 is 20.1 Å². The summed E-state index contributed by atoms with van der Waals surface area (Å²) in [5, 5.41) is 6.24. The van der Waals surface area contributed by atoms with Gasteiger partial charge in [0.25, 0.3) is 0 Å². The van der Waals surface area contributed by atoms with Crippen molar-refractivity contribution in [1.29, 1.82) is 0 Å². The lowest BCUT2D eigenvalue weighted by Crippen LogP contribution is -2.37. The van der Waals surface area contributed by atoms with E-state index in [-0.39, 0.29) is 23.5 Å². The molecule has 0 aromatic heterocycles. The second-order valence-electron chi connectivity index (χ2n) is 5.84. The molecule has 2 N–H and O–H groups in total. The largest absolute Gasteiger partial charge is 0.464 e. The maximum absolute atomic E-state index is 11.8. The third kappa shape index (κ3) is 14.4. The van der Waals surface area contributed by atoms with Crippen molar-refractivity contribution < 1.29 is 18.8 Å². The Morgan fingerprint density at radius 3 is 2.14 bits per heavy atom. The molecular formula is C13H28ClN2O4P. The second kappa shape index (κ2) is 12.3. The van der Waals surface area contributed by atoms with Gasteiger partial charge in [0.05, 0.1) is 6.61 Å². The van der Waals surface area contributed by atoms with Crippen molar-refractivity contribution in [2.45, 2.75) is 53.6 Å². The van der Waals surface area contributed by atoms with E-state index in [1.807, 2.05) is 41.4 Å². The van der Waals surface area contributed by atoms with Crippen molar-refractivity contribution in [3.63, 3.8) is 0 Å². The minimum Gasteiger partial charge on any atom is -0.464 e. The maximum Gasteiger partial charge on any atom is 0.323 e. The number of rotatable bonds is 8. The highest BCUT2D eigenvalue weighted by Gasteiger charge is 2.22. The van der Waals surface area contributed by atoms with E-state index >= 15 is 0 Å². The van der Waals surface area contributed by atoms with E-state index in [1.54, 1.807) is 6.92 Å². The molecule has 0 rings (SSSR count). The van der Waals surface area contributed by atoms with E-state index in [9.17, 15) is 4.79 Å².